The number of para-hydroxylation sites is 1. The van der Waals surface area contributed by atoms with E-state index < -0.39 is 168 Å². The molecule has 3 aliphatic heterocycles. The van der Waals surface area contributed by atoms with Crippen molar-refractivity contribution in [3.63, 3.8) is 0 Å². The number of hydrogen-bond acceptors (Lipinski definition) is 46. The lowest BCUT2D eigenvalue weighted by molar-refractivity contribution is -0.152. The number of carboxylic acids is 2. The van der Waals surface area contributed by atoms with Gasteiger partial charge in [0.25, 0.3) is 32.2 Å². The molecule has 12 N–H and O–H groups in total. The Kier molecular flexibility index (Phi) is 56.2. The number of nitrogens with one attached hydrogen (secondary N) is 1. The number of carbonyl (C=O) groups is 12. The molecule has 0 radical (unpaired) electrons. The monoisotopic (exact) mass is 2140 g/mol. The number of benzene rings is 1. The molecule has 0 amide bonds. The summed E-state index contributed by atoms with van der Waals surface area (Å²) < 4.78 is 177. The lowest BCUT2D eigenvalue weighted by Gasteiger charge is -2.25. The molecule has 0 aliphatic carbocycles. The third-order valence-electron chi connectivity index (χ3n) is 18.1. The number of carboxylic acid groups (broad SMARTS) is 2. The third kappa shape index (κ3) is 47.0. The minimum absolute atomic E-state index is 0.0521. The molecule has 4 aromatic heterocycles. The summed E-state index contributed by atoms with van der Waals surface area (Å²) in [5.74, 6) is -0.758. The van der Waals surface area contributed by atoms with Crippen LogP contribution in [-0.4, -0.2) is 323 Å². The predicted octanol–water partition coefficient (Wildman–Crippen LogP) is 8.97. The highest BCUT2D eigenvalue weighted by Crippen LogP contribution is 2.51. The number of aliphatic carboxylic acids is 2. The average Bonchev–Trinajstić information content (AvgIpc) is 1.60. The number of nitrogen functional groups attached to an aromatic ring is 2. The summed E-state index contributed by atoms with van der Waals surface area (Å²) in [5.41, 5.74) is 1.45. The van der Waals surface area contributed by atoms with Gasteiger partial charge < -0.3 is 94.6 Å². The number of imidazole rings is 2. The standard InChI is InChI=1S/C27H36FN6O9PS.C13H18FN5O4.2C9H16O5PS.C8H14O4S.C6H10O4.C5H10O3.C4H8O.CHClO/c1-5-40-22-19-21(31-25(29)32-22)34(15-30-19)23-27(4,28)20(36)18(43-23)13-42-44(38,33-17-9-7-6-8-10-17)41-11-12-45-24(37)26(2,3)14-39-16-35;1-3-22-10-7-9(17-12(15)18-10)19(5-16-7)11-13(2,14)8(21)6(4-20)23-11;2*1-9(2,6-13-7-10)8(11)16-5-4-14-15(3)12;1-8(2,5-12-6-10)7(11)13-4-3-9;1-6(2,5(8)9)3-10-4-7;1-5(2,3-6)4(7)8;1-2-4-5-3-1;2-1-3/h6-10,15-16,18,20,23,36H,5,11-14H2,1-4H3,(H,33,38)(H2,29,31,32);5-6,8,11,20-21H,3-4H2,1-2H3,(H2,15,17,18);2*7H,4-6H2,1-3H3;6,9H,3-5H2,1-2H3;4H,3H2,1-2H3,(H,8,9);6H,3H2,1-2H3,(H,7,8);1-4H2;1H/q;;2*+1;;;;;/t18-,20-,23-,27-,44?;6-,8-,11-,13-;;;;;;;/m11......./s1/i16D;;2*7D;6D;4D;;;1D. The number of rotatable bonds is 43. The van der Waals surface area contributed by atoms with Crippen molar-refractivity contribution in [1.82, 2.24) is 39.0 Å². The number of ether oxygens (including phenoxy) is 10. The van der Waals surface area contributed by atoms with E-state index in [-0.39, 0.29) is 139 Å². The van der Waals surface area contributed by atoms with E-state index in [1.807, 2.05) is 0 Å². The van der Waals surface area contributed by atoms with Crippen LogP contribution in [-0.2, 0) is 127 Å². The first-order valence-corrected chi connectivity index (χ1v) is 50.7. The normalized spacial score (nSPS) is 19.4. The molecule has 8 rings (SSSR count). The maximum atomic E-state index is 16.1. The van der Waals surface area contributed by atoms with Crippen molar-refractivity contribution in [1.29, 1.82) is 0 Å². The SMILES string of the molecule is C1CCOC1.CC(C)(CO)C(=O)O.CCOc1nc(N)nc2c1ncn2[C@@H]1O[C@H](CO)[C@@H](O)[C@@]1(C)F.[2H]C(=O)Cl.[2H]C(=O)OCC(C)(C)C(=O)O.[2H]C(=O)OCC(C)(C)C(=O)SCCO.[2H]C(=O)OCC(C)(C)C(=O)SCCOP(=O)(Nc1ccccc1)OC[C@H]1O[C@@H](n2cnc3c(OCC)nc(N)nc32)[C@](C)(F)[C@@H]1O.[2H]C(=O)OCC(C)(C)C(=O)SCCO[P+](C)=O.[2H]C(=O)OCC(C)(C)C(=O)SCCO[P+](C)=O. The number of fused-ring (bicyclic) bond motifs is 2. The Morgan fingerprint density at radius 3 is 1.20 bits per heavy atom. The number of thioether (sulfide) groups is 4. The van der Waals surface area contributed by atoms with Crippen LogP contribution in [0.3, 0.4) is 0 Å². The van der Waals surface area contributed by atoms with Crippen LogP contribution in [0.1, 0.15) is 144 Å². The maximum Gasteiger partial charge on any atom is 0.504 e. The number of aliphatic hydroxyl groups excluding tert-OH is 5. The van der Waals surface area contributed by atoms with Gasteiger partial charge in [-0.05, 0) is 156 Å². The molecule has 3 saturated heterocycles. The molecular formula is C82H129ClF2N11O36P3S4+2. The fourth-order valence-electron chi connectivity index (χ4n) is 10.0. The zero-order valence-electron chi connectivity index (χ0n) is 85.9. The summed E-state index contributed by atoms with van der Waals surface area (Å²) in [6.45, 7) is 27.9. The zero-order chi connectivity index (χ0) is 112. The van der Waals surface area contributed by atoms with Crippen molar-refractivity contribution in [2.45, 2.75) is 172 Å². The van der Waals surface area contributed by atoms with Gasteiger partial charge in [0, 0.05) is 41.9 Å². The second-order valence-electron chi connectivity index (χ2n) is 33.0. The van der Waals surface area contributed by atoms with Gasteiger partial charge in [0.05, 0.1) is 91.4 Å². The quantitative estimate of drug-likeness (QED) is 0.00572. The fraction of sp³-hybridized carbons (Fsp3) is 0.659. The van der Waals surface area contributed by atoms with E-state index in [2.05, 4.69) is 70.3 Å². The molecule has 1 aromatic carbocycles. The first kappa shape index (κ1) is 119. The molecule has 3 aliphatic rings. The van der Waals surface area contributed by atoms with Crippen LogP contribution in [0.25, 0.3) is 22.3 Å². The van der Waals surface area contributed by atoms with E-state index >= 15 is 4.39 Å². The molecular weight excluding hydrogens is 2010 g/mol. The van der Waals surface area contributed by atoms with Gasteiger partial charge in [-0.1, -0.05) is 65.2 Å². The topological polar surface area (TPSA) is 678 Å². The molecule has 5 aromatic rings. The molecule has 0 bridgehead atoms. The smallest absolute Gasteiger partial charge is 0.481 e. The highest BCUT2D eigenvalue weighted by atomic mass is 35.5. The number of nitrogens with two attached hydrogens (primary N) is 2. The van der Waals surface area contributed by atoms with Crippen LogP contribution >= 0.6 is 82.5 Å². The highest BCUT2D eigenvalue weighted by molar-refractivity contribution is 8.14. The molecule has 3 unspecified atom stereocenters. The van der Waals surface area contributed by atoms with Crippen LogP contribution in [0.4, 0.5) is 26.4 Å². The second kappa shape index (κ2) is 65.6. The van der Waals surface area contributed by atoms with Crippen molar-refractivity contribution in [3.8, 4) is 11.8 Å². The number of halogens is 3. The number of aromatic nitrogens is 8. The summed E-state index contributed by atoms with van der Waals surface area (Å²) in [6.07, 6.45) is -9.00. The molecule has 3 fully saturated rings. The highest BCUT2D eigenvalue weighted by Gasteiger charge is 2.57. The van der Waals surface area contributed by atoms with Gasteiger partial charge in [-0.25, -0.2) is 23.3 Å². The van der Waals surface area contributed by atoms with Crippen molar-refractivity contribution >= 4 is 193 Å². The Labute approximate surface area is 834 Å². The first-order valence-electron chi connectivity index (χ1n) is 44.6. The summed E-state index contributed by atoms with van der Waals surface area (Å²) in [6, 6.07) is 8.38. The Morgan fingerprint density at radius 2 is 0.906 bits per heavy atom. The van der Waals surface area contributed by atoms with Crippen LogP contribution in [0.2, 0.25) is 0 Å². The Morgan fingerprint density at radius 1 is 0.568 bits per heavy atom. The van der Waals surface area contributed by atoms with Gasteiger partial charge in [0.2, 0.25) is 29.4 Å². The summed E-state index contributed by atoms with van der Waals surface area (Å²) in [7, 11) is -7.47. The minimum Gasteiger partial charge on any atom is -0.481 e. The van der Waals surface area contributed by atoms with Gasteiger partial charge in [-0.15, -0.1) is 9.05 Å². The minimum atomic E-state index is -4.18. The average molecular weight is 2150 g/mol. The van der Waals surface area contributed by atoms with Crippen molar-refractivity contribution in [2.24, 2.45) is 32.5 Å². The van der Waals surface area contributed by atoms with Gasteiger partial charge >= 0.3 is 35.7 Å². The molecule has 0 spiro atoms. The van der Waals surface area contributed by atoms with Crippen LogP contribution < -0.4 is 26.0 Å². The number of hydrogen-bond donors (Lipinski definition) is 10. The molecule has 11 atom stereocenters. The van der Waals surface area contributed by atoms with Gasteiger partial charge in [0.1, 0.15) is 72.0 Å². The second-order valence-corrected chi connectivity index (χ2v) is 41.4. The molecule has 786 valence electrons. The van der Waals surface area contributed by atoms with Crippen LogP contribution in [0, 0.1) is 32.5 Å². The molecule has 139 heavy (non-hydrogen) atoms. The molecule has 47 nitrogen and oxygen atoms in total. The van der Waals surface area contributed by atoms with Crippen LogP contribution in [0.5, 0.6) is 11.8 Å². The van der Waals surface area contributed by atoms with Gasteiger partial charge in [0.15, 0.2) is 86.8 Å². The molecule has 57 heteroatoms. The third-order valence-corrected chi connectivity index (χ3v) is 25.5. The lowest BCUT2D eigenvalue weighted by atomic mass is 9.95. The van der Waals surface area contributed by atoms with Crippen molar-refractivity contribution in [3.05, 3.63) is 43.0 Å². The van der Waals surface area contributed by atoms with Crippen molar-refractivity contribution in [2.75, 3.05) is 159 Å². The molecule has 0 saturated carbocycles. The van der Waals surface area contributed by atoms with Gasteiger partial charge in [-0.2, -0.15) is 19.9 Å². The van der Waals surface area contributed by atoms with E-state index in [0.717, 1.165) is 67.2 Å². The number of aliphatic hydroxyl groups is 5. The Hall–Kier alpha value is -8.54. The van der Waals surface area contributed by atoms with Crippen molar-refractivity contribution < 1.29 is 189 Å². The number of anilines is 3. The Balaban J connectivity index is 0.00000177. The number of carbonyl (C=O) groups excluding carboxylic acids is 10. The summed E-state index contributed by atoms with van der Waals surface area (Å²) in [4.78, 5) is 153. The van der Waals surface area contributed by atoms with E-state index in [0.29, 0.717) is 35.1 Å². The Bertz CT molecular complexity index is 5010. The zero-order valence-corrected chi connectivity index (χ0v) is 86.6. The summed E-state index contributed by atoms with van der Waals surface area (Å²) >= 11 is 8.22. The number of nitrogens with zero attached hydrogens (tertiary/aromatic N) is 8. The fourth-order valence-corrected chi connectivity index (χ4v) is 15.6. The first-order chi connectivity index (χ1) is 67.1. The number of alkyl halides is 2. The predicted molar refractivity (Wildman–Crippen MR) is 511 cm³/mol. The lowest BCUT2D eigenvalue weighted by Crippen LogP contribution is -2.40. The van der Waals surface area contributed by atoms with E-state index in [4.69, 9.17) is 86.7 Å². The van der Waals surface area contributed by atoms with Crippen LogP contribution in [0.15, 0.2) is 43.0 Å². The van der Waals surface area contributed by atoms with Gasteiger partial charge in [-0.3, -0.25) is 80.8 Å². The van der Waals surface area contributed by atoms with E-state index in [1.165, 1.54) is 82.6 Å². The van der Waals surface area contributed by atoms with E-state index in [1.54, 1.807) is 99.6 Å². The maximum absolute atomic E-state index is 16.1. The summed E-state index contributed by atoms with van der Waals surface area (Å²) in [5, 5.41) is 65.7. The molecule has 7 heterocycles. The van der Waals surface area contributed by atoms with E-state index in [9.17, 15) is 86.1 Å². The largest absolute Gasteiger partial charge is 0.504 e.